The van der Waals surface area contributed by atoms with E-state index in [9.17, 15) is 9.59 Å². The van der Waals surface area contributed by atoms with Crippen LogP contribution in [0.15, 0.2) is 61.2 Å². The highest BCUT2D eigenvalue weighted by Gasteiger charge is 2.04. The standard InChI is InChI=1S/C23H22O3/c1-3-5-6-7-18-8-10-19(11-9-18)12-17-23(25)26-21-15-13-20(14-16-21)22(24)4-2/h4,8-11,13-16H,2-3,5-7H2,1H3. The van der Waals surface area contributed by atoms with Gasteiger partial charge in [-0.1, -0.05) is 44.4 Å². The first-order valence-electron chi connectivity index (χ1n) is 8.72. The van der Waals surface area contributed by atoms with Crippen LogP contribution in [0, 0.1) is 11.8 Å². The highest BCUT2D eigenvalue weighted by molar-refractivity contribution is 6.04. The number of carbonyl (C=O) groups excluding carboxylic acids is 2. The van der Waals surface area contributed by atoms with Crippen molar-refractivity contribution < 1.29 is 14.3 Å². The smallest absolute Gasteiger partial charge is 0.390 e. The largest absolute Gasteiger partial charge is 0.417 e. The van der Waals surface area contributed by atoms with Crippen molar-refractivity contribution >= 4 is 11.8 Å². The molecule has 0 spiro atoms. The van der Waals surface area contributed by atoms with Crippen LogP contribution in [0.1, 0.15) is 47.7 Å². The van der Waals surface area contributed by atoms with Gasteiger partial charge in [0.15, 0.2) is 5.78 Å². The third-order valence-electron chi connectivity index (χ3n) is 3.87. The van der Waals surface area contributed by atoms with Crippen molar-refractivity contribution in [1.82, 2.24) is 0 Å². The Morgan fingerprint density at radius 3 is 2.35 bits per heavy atom. The molecule has 0 saturated heterocycles. The predicted octanol–water partition coefficient (Wildman–Crippen LogP) is 4.75. The Balaban J connectivity index is 1.91. The number of rotatable bonds is 7. The molecule has 3 heteroatoms. The van der Waals surface area contributed by atoms with Gasteiger partial charge in [0.25, 0.3) is 0 Å². The van der Waals surface area contributed by atoms with Gasteiger partial charge in [0.2, 0.25) is 0 Å². The lowest BCUT2D eigenvalue weighted by Crippen LogP contribution is -2.04. The first kappa shape index (κ1) is 19.2. The number of ether oxygens (including phenoxy) is 1. The summed E-state index contributed by atoms with van der Waals surface area (Å²) >= 11 is 0. The van der Waals surface area contributed by atoms with E-state index in [1.807, 2.05) is 24.3 Å². The third-order valence-corrected chi connectivity index (χ3v) is 3.87. The van der Waals surface area contributed by atoms with Crippen LogP contribution in [0.4, 0.5) is 0 Å². The number of aryl methyl sites for hydroxylation is 1. The molecule has 0 bridgehead atoms. The number of hydrogen-bond acceptors (Lipinski definition) is 3. The van der Waals surface area contributed by atoms with E-state index in [0.29, 0.717) is 11.3 Å². The molecule has 2 rings (SSSR count). The molecule has 2 aromatic carbocycles. The first-order valence-corrected chi connectivity index (χ1v) is 8.72. The maximum atomic E-state index is 11.8. The SMILES string of the molecule is C=CC(=O)c1ccc(OC(=O)C#Cc2ccc(CCCCC)cc2)cc1. The number of unbranched alkanes of at least 4 members (excludes halogenated alkanes) is 2. The minimum Gasteiger partial charge on any atom is -0.417 e. The van der Waals surface area contributed by atoms with E-state index in [0.717, 1.165) is 12.0 Å². The van der Waals surface area contributed by atoms with E-state index < -0.39 is 5.97 Å². The second kappa shape index (κ2) is 10.0. The lowest BCUT2D eigenvalue weighted by Gasteiger charge is -2.01. The Kier molecular flexibility index (Phi) is 7.39. The molecule has 26 heavy (non-hydrogen) atoms. The van der Waals surface area contributed by atoms with Crippen LogP contribution in [0.3, 0.4) is 0 Å². The molecule has 0 atom stereocenters. The summed E-state index contributed by atoms with van der Waals surface area (Å²) in [5, 5.41) is 0. The summed E-state index contributed by atoms with van der Waals surface area (Å²) in [6.07, 6.45) is 5.93. The fraction of sp³-hybridized carbons (Fsp3) is 0.217. The fourth-order valence-corrected chi connectivity index (χ4v) is 2.39. The average molecular weight is 346 g/mol. The first-order chi connectivity index (χ1) is 12.6. The quantitative estimate of drug-likeness (QED) is 0.182. The van der Waals surface area contributed by atoms with Crippen LogP contribution >= 0.6 is 0 Å². The number of allylic oxidation sites excluding steroid dienone is 1. The molecule has 0 amide bonds. The summed E-state index contributed by atoms with van der Waals surface area (Å²) in [5.74, 6) is 4.80. The van der Waals surface area contributed by atoms with Crippen molar-refractivity contribution in [3.63, 3.8) is 0 Å². The van der Waals surface area contributed by atoms with Gasteiger partial charge in [0, 0.05) is 17.0 Å². The summed E-state index contributed by atoms with van der Waals surface area (Å²) < 4.78 is 5.14. The number of esters is 1. The van der Waals surface area contributed by atoms with Crippen molar-refractivity contribution in [2.75, 3.05) is 0 Å². The predicted molar refractivity (Wildman–Crippen MR) is 103 cm³/mol. The molecule has 0 radical (unpaired) electrons. The minimum atomic E-state index is -0.639. The average Bonchev–Trinajstić information content (AvgIpc) is 2.67. The molecule has 0 saturated carbocycles. The van der Waals surface area contributed by atoms with E-state index in [2.05, 4.69) is 25.3 Å². The molecule has 0 fully saturated rings. The normalized spacial score (nSPS) is 9.73. The van der Waals surface area contributed by atoms with Crippen LogP contribution in [-0.2, 0) is 11.2 Å². The maximum Gasteiger partial charge on any atom is 0.390 e. The number of benzene rings is 2. The second-order valence-electron chi connectivity index (χ2n) is 5.89. The van der Waals surface area contributed by atoms with Crippen LogP contribution in [0.2, 0.25) is 0 Å². The van der Waals surface area contributed by atoms with Crippen molar-refractivity contribution in [3.05, 3.63) is 77.9 Å². The molecule has 0 unspecified atom stereocenters. The van der Waals surface area contributed by atoms with Gasteiger partial charge in [-0.25, -0.2) is 4.79 Å². The van der Waals surface area contributed by atoms with Crippen molar-refractivity contribution in [3.8, 4) is 17.6 Å². The summed E-state index contributed by atoms with van der Waals surface area (Å²) in [7, 11) is 0. The van der Waals surface area contributed by atoms with Gasteiger partial charge in [0.1, 0.15) is 5.75 Å². The van der Waals surface area contributed by atoms with Gasteiger partial charge in [-0.3, -0.25) is 4.79 Å². The Morgan fingerprint density at radius 1 is 1.04 bits per heavy atom. The summed E-state index contributed by atoms with van der Waals surface area (Å²) in [5.41, 5.74) is 2.54. The lowest BCUT2D eigenvalue weighted by atomic mass is 10.1. The maximum absolute atomic E-state index is 11.8. The second-order valence-corrected chi connectivity index (χ2v) is 5.89. The molecule has 0 aliphatic carbocycles. The lowest BCUT2D eigenvalue weighted by molar-refractivity contribution is -0.128. The third kappa shape index (κ3) is 6.07. The van der Waals surface area contributed by atoms with Crippen molar-refractivity contribution in [2.24, 2.45) is 0 Å². The molecule has 2 aromatic rings. The zero-order valence-corrected chi connectivity index (χ0v) is 15.0. The molecule has 0 heterocycles. The monoisotopic (exact) mass is 346 g/mol. The molecule has 0 N–H and O–H groups in total. The van der Waals surface area contributed by atoms with E-state index in [-0.39, 0.29) is 5.78 Å². The molecule has 0 aromatic heterocycles. The zero-order valence-electron chi connectivity index (χ0n) is 15.0. The Hall–Kier alpha value is -3.12. The zero-order chi connectivity index (χ0) is 18.8. The Labute approximate surface area is 154 Å². The van der Waals surface area contributed by atoms with Gasteiger partial charge < -0.3 is 4.74 Å². The highest BCUT2D eigenvalue weighted by Crippen LogP contribution is 2.13. The summed E-state index contributed by atoms with van der Waals surface area (Å²) in [4.78, 5) is 23.3. The van der Waals surface area contributed by atoms with Crippen LogP contribution in [0.25, 0.3) is 0 Å². The van der Waals surface area contributed by atoms with Gasteiger partial charge in [0.05, 0.1) is 0 Å². The van der Waals surface area contributed by atoms with Crippen molar-refractivity contribution in [1.29, 1.82) is 0 Å². The van der Waals surface area contributed by atoms with Crippen LogP contribution in [0.5, 0.6) is 5.75 Å². The Morgan fingerprint density at radius 2 is 1.73 bits per heavy atom. The molecule has 0 aliphatic heterocycles. The fourth-order valence-electron chi connectivity index (χ4n) is 2.39. The van der Waals surface area contributed by atoms with Crippen LogP contribution in [-0.4, -0.2) is 11.8 Å². The van der Waals surface area contributed by atoms with Crippen LogP contribution < -0.4 is 4.74 Å². The highest BCUT2D eigenvalue weighted by atomic mass is 16.5. The molecule has 132 valence electrons. The number of ketones is 1. The van der Waals surface area contributed by atoms with E-state index in [1.54, 1.807) is 24.3 Å². The Bertz CT molecular complexity index is 818. The van der Waals surface area contributed by atoms with Gasteiger partial charge >= 0.3 is 5.97 Å². The van der Waals surface area contributed by atoms with E-state index >= 15 is 0 Å². The summed E-state index contributed by atoms with van der Waals surface area (Å²) in [6.45, 7) is 5.62. The van der Waals surface area contributed by atoms with E-state index in [1.165, 1.54) is 30.9 Å². The minimum absolute atomic E-state index is 0.180. The topological polar surface area (TPSA) is 43.4 Å². The summed E-state index contributed by atoms with van der Waals surface area (Å²) in [6, 6.07) is 14.2. The van der Waals surface area contributed by atoms with Gasteiger partial charge in [-0.05, 0) is 60.9 Å². The van der Waals surface area contributed by atoms with Gasteiger partial charge in [-0.2, -0.15) is 0 Å². The number of carbonyl (C=O) groups is 2. The number of hydrogen-bond donors (Lipinski definition) is 0. The molecular formula is C23H22O3. The molecule has 0 aliphatic rings. The molecular weight excluding hydrogens is 324 g/mol. The van der Waals surface area contributed by atoms with Crippen molar-refractivity contribution in [2.45, 2.75) is 32.6 Å². The van der Waals surface area contributed by atoms with E-state index in [4.69, 9.17) is 4.74 Å². The molecule has 3 nitrogen and oxygen atoms in total. The van der Waals surface area contributed by atoms with Gasteiger partial charge in [-0.15, -0.1) is 0 Å².